The molecule has 1 aromatic rings. The van der Waals surface area contributed by atoms with Gasteiger partial charge in [0.2, 0.25) is 0 Å². The summed E-state index contributed by atoms with van der Waals surface area (Å²) in [5.74, 6) is 2.60. The third-order valence-corrected chi connectivity index (χ3v) is 2.35. The molecular weight excluding hydrogens is 194 g/mol. The molecule has 1 rings (SSSR count). The van der Waals surface area contributed by atoms with E-state index in [1.54, 1.807) is 0 Å². The highest BCUT2D eigenvalue weighted by molar-refractivity contribution is 6.30. The lowest BCUT2D eigenvalue weighted by Gasteiger charge is -2.10. The predicted octanol–water partition coefficient (Wildman–Crippen LogP) is 3.14. The van der Waals surface area contributed by atoms with Crippen molar-refractivity contribution in [2.75, 3.05) is 0 Å². The minimum absolute atomic E-state index is 0.0436. The standard InChI is InChI=1S/C12H14ClN/c1-2-3-4-8-12(14)10-6-5-7-11(13)9-10/h1,5-7,9,12H,3-4,8,14H2. The SMILES string of the molecule is C#CCCCC(N)c1cccc(Cl)c1. The molecule has 0 fully saturated rings. The normalized spacial score (nSPS) is 12.1. The molecule has 0 bridgehead atoms. The average molecular weight is 208 g/mol. The van der Waals surface area contributed by atoms with Gasteiger partial charge in [-0.05, 0) is 30.5 Å². The Kier molecular flexibility index (Phi) is 4.52. The van der Waals surface area contributed by atoms with Crippen LogP contribution in [0.3, 0.4) is 0 Å². The van der Waals surface area contributed by atoms with E-state index in [0.29, 0.717) is 0 Å². The topological polar surface area (TPSA) is 26.0 Å². The van der Waals surface area contributed by atoms with Gasteiger partial charge in [-0.1, -0.05) is 23.7 Å². The van der Waals surface area contributed by atoms with E-state index < -0.39 is 0 Å². The molecule has 0 radical (unpaired) electrons. The van der Waals surface area contributed by atoms with Crippen molar-refractivity contribution in [2.24, 2.45) is 5.73 Å². The first-order chi connectivity index (χ1) is 6.74. The van der Waals surface area contributed by atoms with Crippen LogP contribution < -0.4 is 5.73 Å². The van der Waals surface area contributed by atoms with E-state index in [0.717, 1.165) is 29.8 Å². The Hall–Kier alpha value is -0.970. The van der Waals surface area contributed by atoms with E-state index in [2.05, 4.69) is 5.92 Å². The average Bonchev–Trinajstić information content (AvgIpc) is 2.18. The molecule has 0 amide bonds. The Morgan fingerprint density at radius 2 is 2.29 bits per heavy atom. The van der Waals surface area contributed by atoms with Gasteiger partial charge in [-0.3, -0.25) is 0 Å². The molecule has 1 atom stereocenters. The van der Waals surface area contributed by atoms with Crippen molar-refractivity contribution >= 4 is 11.6 Å². The monoisotopic (exact) mass is 207 g/mol. The maximum atomic E-state index is 5.98. The van der Waals surface area contributed by atoms with Crippen LogP contribution in [0.15, 0.2) is 24.3 Å². The molecule has 0 aliphatic heterocycles. The lowest BCUT2D eigenvalue weighted by Crippen LogP contribution is -2.09. The highest BCUT2D eigenvalue weighted by Gasteiger charge is 2.05. The molecule has 14 heavy (non-hydrogen) atoms. The summed E-state index contributed by atoms with van der Waals surface area (Å²) in [5.41, 5.74) is 7.06. The van der Waals surface area contributed by atoms with Crippen LogP contribution in [0.5, 0.6) is 0 Å². The van der Waals surface area contributed by atoms with E-state index in [1.807, 2.05) is 24.3 Å². The summed E-state index contributed by atoms with van der Waals surface area (Å²) in [5, 5.41) is 0.731. The van der Waals surface area contributed by atoms with Crippen LogP contribution in [-0.4, -0.2) is 0 Å². The van der Waals surface area contributed by atoms with Crippen molar-refractivity contribution in [2.45, 2.75) is 25.3 Å². The Balaban J connectivity index is 2.52. The maximum Gasteiger partial charge on any atom is 0.0409 e. The van der Waals surface area contributed by atoms with Crippen LogP contribution in [0.1, 0.15) is 30.9 Å². The van der Waals surface area contributed by atoms with E-state index in [9.17, 15) is 0 Å². The Morgan fingerprint density at radius 1 is 1.50 bits per heavy atom. The molecule has 0 aliphatic rings. The molecule has 74 valence electrons. The molecule has 0 aromatic heterocycles. The molecule has 1 aromatic carbocycles. The maximum absolute atomic E-state index is 5.98. The molecule has 1 unspecified atom stereocenters. The number of unbranched alkanes of at least 4 members (excludes halogenated alkanes) is 1. The summed E-state index contributed by atoms with van der Waals surface area (Å²) in [7, 11) is 0. The fraction of sp³-hybridized carbons (Fsp3) is 0.333. The highest BCUT2D eigenvalue weighted by atomic mass is 35.5. The van der Waals surface area contributed by atoms with Gasteiger partial charge < -0.3 is 5.73 Å². The largest absolute Gasteiger partial charge is 0.324 e. The third kappa shape index (κ3) is 3.41. The van der Waals surface area contributed by atoms with E-state index >= 15 is 0 Å². The van der Waals surface area contributed by atoms with E-state index in [-0.39, 0.29) is 6.04 Å². The highest BCUT2D eigenvalue weighted by Crippen LogP contribution is 2.19. The van der Waals surface area contributed by atoms with Gasteiger partial charge in [-0.2, -0.15) is 0 Å². The summed E-state index contributed by atoms with van der Waals surface area (Å²) < 4.78 is 0. The number of nitrogens with two attached hydrogens (primary N) is 1. The van der Waals surface area contributed by atoms with Crippen molar-refractivity contribution < 1.29 is 0 Å². The van der Waals surface area contributed by atoms with E-state index in [4.69, 9.17) is 23.8 Å². The van der Waals surface area contributed by atoms with Gasteiger partial charge >= 0.3 is 0 Å². The number of hydrogen-bond donors (Lipinski definition) is 1. The van der Waals surface area contributed by atoms with Crippen LogP contribution in [0.2, 0.25) is 5.02 Å². The molecule has 2 heteroatoms. The number of rotatable bonds is 4. The lowest BCUT2D eigenvalue weighted by molar-refractivity contribution is 0.621. The summed E-state index contributed by atoms with van der Waals surface area (Å²) in [6, 6.07) is 7.70. The third-order valence-electron chi connectivity index (χ3n) is 2.11. The summed E-state index contributed by atoms with van der Waals surface area (Å²) in [6.45, 7) is 0. The van der Waals surface area contributed by atoms with Crippen LogP contribution in [-0.2, 0) is 0 Å². The molecule has 0 saturated heterocycles. The quantitative estimate of drug-likeness (QED) is 0.596. The summed E-state index contributed by atoms with van der Waals surface area (Å²) in [6.07, 6.45) is 7.82. The smallest absolute Gasteiger partial charge is 0.0409 e. The number of hydrogen-bond acceptors (Lipinski definition) is 1. The fourth-order valence-corrected chi connectivity index (χ4v) is 1.53. The lowest BCUT2D eigenvalue weighted by atomic mass is 10.0. The number of terminal acetylenes is 1. The van der Waals surface area contributed by atoms with Crippen molar-refractivity contribution in [3.63, 3.8) is 0 Å². The van der Waals surface area contributed by atoms with Gasteiger partial charge in [0.25, 0.3) is 0 Å². The summed E-state index contributed by atoms with van der Waals surface area (Å²) >= 11 is 5.86. The van der Waals surface area contributed by atoms with Gasteiger partial charge in [0.1, 0.15) is 0 Å². The van der Waals surface area contributed by atoms with Crippen LogP contribution >= 0.6 is 11.6 Å². The Morgan fingerprint density at radius 3 is 2.93 bits per heavy atom. The second-order valence-electron chi connectivity index (χ2n) is 3.26. The zero-order chi connectivity index (χ0) is 10.4. The Bertz CT molecular complexity index is 327. The van der Waals surface area contributed by atoms with Crippen molar-refractivity contribution in [3.8, 4) is 12.3 Å². The van der Waals surface area contributed by atoms with Crippen molar-refractivity contribution in [1.82, 2.24) is 0 Å². The second-order valence-corrected chi connectivity index (χ2v) is 3.69. The number of halogens is 1. The van der Waals surface area contributed by atoms with Gasteiger partial charge in [-0.25, -0.2) is 0 Å². The molecule has 0 saturated carbocycles. The molecular formula is C12H14ClN. The van der Waals surface area contributed by atoms with Crippen molar-refractivity contribution in [1.29, 1.82) is 0 Å². The minimum Gasteiger partial charge on any atom is -0.324 e. The van der Waals surface area contributed by atoms with Gasteiger partial charge in [0.05, 0.1) is 0 Å². The molecule has 1 nitrogen and oxygen atoms in total. The fourth-order valence-electron chi connectivity index (χ4n) is 1.33. The first-order valence-electron chi connectivity index (χ1n) is 4.68. The van der Waals surface area contributed by atoms with Gasteiger partial charge in [0.15, 0.2) is 0 Å². The first-order valence-corrected chi connectivity index (χ1v) is 5.06. The van der Waals surface area contributed by atoms with E-state index in [1.165, 1.54) is 0 Å². The zero-order valence-electron chi connectivity index (χ0n) is 8.04. The second kappa shape index (κ2) is 5.70. The van der Waals surface area contributed by atoms with Crippen LogP contribution in [0, 0.1) is 12.3 Å². The Labute approximate surface area is 90.3 Å². The van der Waals surface area contributed by atoms with Gasteiger partial charge in [0, 0.05) is 17.5 Å². The molecule has 0 aliphatic carbocycles. The number of benzene rings is 1. The molecule has 0 spiro atoms. The van der Waals surface area contributed by atoms with Crippen molar-refractivity contribution in [3.05, 3.63) is 34.9 Å². The van der Waals surface area contributed by atoms with Crippen LogP contribution in [0.4, 0.5) is 0 Å². The minimum atomic E-state index is 0.0436. The van der Waals surface area contributed by atoms with Crippen LogP contribution in [0.25, 0.3) is 0 Å². The summed E-state index contributed by atoms with van der Waals surface area (Å²) in [4.78, 5) is 0. The first kappa shape index (κ1) is 11.1. The zero-order valence-corrected chi connectivity index (χ0v) is 8.80. The molecule has 0 heterocycles. The predicted molar refractivity (Wildman–Crippen MR) is 61.1 cm³/mol. The molecule has 2 N–H and O–H groups in total. The van der Waals surface area contributed by atoms with Gasteiger partial charge in [-0.15, -0.1) is 12.3 Å².